The van der Waals surface area contributed by atoms with Gasteiger partial charge in [0.25, 0.3) is 0 Å². The van der Waals surface area contributed by atoms with Crippen molar-refractivity contribution < 1.29 is 14.3 Å². The molecular weight excluding hydrogens is 312 g/mol. The third-order valence-electron chi connectivity index (χ3n) is 4.14. The quantitative estimate of drug-likeness (QED) is 0.850. The predicted molar refractivity (Wildman–Crippen MR) is 90.7 cm³/mol. The lowest BCUT2D eigenvalue weighted by Gasteiger charge is -2.33. The molecule has 1 saturated heterocycles. The van der Waals surface area contributed by atoms with E-state index in [1.165, 1.54) is 0 Å². The molecule has 0 spiro atoms. The average molecular weight is 334 g/mol. The number of benzene rings is 1. The van der Waals surface area contributed by atoms with E-state index in [2.05, 4.69) is 13.0 Å². The van der Waals surface area contributed by atoms with Gasteiger partial charge in [-0.1, -0.05) is 19.1 Å². The molecule has 1 atom stereocenters. The molecule has 2 aliphatic heterocycles. The number of carbonyl (C=O) groups is 2. The number of hydrogen-bond acceptors (Lipinski definition) is 4. The molecule has 0 radical (unpaired) electrons. The Kier molecular flexibility index (Phi) is 5.23. The molecular formula is C17H22N2O3S. The molecule has 2 amide bonds. The van der Waals surface area contributed by atoms with Crippen LogP contribution in [0.4, 0.5) is 5.69 Å². The Hall–Kier alpha value is -1.53. The summed E-state index contributed by atoms with van der Waals surface area (Å²) in [6.45, 7) is 5.27. The number of thioether (sulfide) groups is 1. The Morgan fingerprint density at radius 1 is 1.17 bits per heavy atom. The average Bonchev–Trinajstić information content (AvgIpc) is 2.59. The van der Waals surface area contributed by atoms with Gasteiger partial charge in [0.1, 0.15) is 0 Å². The molecule has 3 rings (SSSR count). The van der Waals surface area contributed by atoms with E-state index in [0.29, 0.717) is 38.1 Å². The van der Waals surface area contributed by atoms with E-state index in [1.807, 2.05) is 23.1 Å². The third kappa shape index (κ3) is 3.87. The zero-order valence-electron chi connectivity index (χ0n) is 13.4. The van der Waals surface area contributed by atoms with Gasteiger partial charge in [0.05, 0.1) is 18.9 Å². The number of nitrogens with zero attached hydrogens (tertiary/aromatic N) is 2. The van der Waals surface area contributed by atoms with Crippen LogP contribution < -0.4 is 4.90 Å². The highest BCUT2D eigenvalue weighted by atomic mass is 32.2. The van der Waals surface area contributed by atoms with Crippen molar-refractivity contribution in [3.63, 3.8) is 0 Å². The second-order valence-corrected chi connectivity index (χ2v) is 7.37. The van der Waals surface area contributed by atoms with Gasteiger partial charge < -0.3 is 14.5 Å². The largest absolute Gasteiger partial charge is 0.378 e. The lowest BCUT2D eigenvalue weighted by molar-refractivity contribution is -0.136. The number of ether oxygens (including phenoxy) is 1. The van der Waals surface area contributed by atoms with E-state index in [1.54, 1.807) is 16.7 Å². The standard InChI is InChI=1S/C17H22N2O3S/c1-13-12-19(14-4-2-3-5-15(14)23-13)17(21)7-6-16(20)18-8-10-22-11-9-18/h2-5,13H,6-12H2,1H3. The zero-order chi connectivity index (χ0) is 16.2. The number of fused-ring (bicyclic) bond motifs is 1. The molecule has 0 aromatic heterocycles. The Morgan fingerprint density at radius 2 is 1.87 bits per heavy atom. The Bertz CT molecular complexity index is 587. The lowest BCUT2D eigenvalue weighted by atomic mass is 10.2. The number of anilines is 1. The summed E-state index contributed by atoms with van der Waals surface area (Å²) in [6.07, 6.45) is 0.543. The molecule has 124 valence electrons. The summed E-state index contributed by atoms with van der Waals surface area (Å²) >= 11 is 1.80. The van der Waals surface area contributed by atoms with Gasteiger partial charge in [0.2, 0.25) is 11.8 Å². The molecule has 0 N–H and O–H groups in total. The van der Waals surface area contributed by atoms with Crippen LogP contribution in [-0.2, 0) is 14.3 Å². The predicted octanol–water partition coefficient (Wildman–Crippen LogP) is 2.15. The first-order valence-corrected chi connectivity index (χ1v) is 8.94. The van der Waals surface area contributed by atoms with Gasteiger partial charge in [-0.05, 0) is 12.1 Å². The number of carbonyl (C=O) groups excluding carboxylic acids is 2. The van der Waals surface area contributed by atoms with Crippen LogP contribution in [0.1, 0.15) is 19.8 Å². The molecule has 1 unspecified atom stereocenters. The topological polar surface area (TPSA) is 49.9 Å². The second kappa shape index (κ2) is 7.36. The number of rotatable bonds is 3. The van der Waals surface area contributed by atoms with Gasteiger partial charge in [0.15, 0.2) is 0 Å². The maximum Gasteiger partial charge on any atom is 0.227 e. The van der Waals surface area contributed by atoms with Crippen molar-refractivity contribution in [2.45, 2.75) is 29.9 Å². The second-order valence-electron chi connectivity index (χ2n) is 5.89. The van der Waals surface area contributed by atoms with Crippen LogP contribution in [0, 0.1) is 0 Å². The molecule has 0 saturated carbocycles. The molecule has 1 aromatic carbocycles. The molecule has 5 nitrogen and oxygen atoms in total. The smallest absolute Gasteiger partial charge is 0.227 e. The summed E-state index contributed by atoms with van der Waals surface area (Å²) in [5.41, 5.74) is 0.972. The number of para-hydroxylation sites is 1. The molecule has 6 heteroatoms. The highest BCUT2D eigenvalue weighted by Gasteiger charge is 2.27. The van der Waals surface area contributed by atoms with Crippen LogP contribution >= 0.6 is 11.8 Å². The zero-order valence-corrected chi connectivity index (χ0v) is 14.2. The summed E-state index contributed by atoms with van der Waals surface area (Å²) in [4.78, 5) is 29.6. The molecule has 0 bridgehead atoms. The van der Waals surface area contributed by atoms with E-state index < -0.39 is 0 Å². The van der Waals surface area contributed by atoms with Crippen LogP contribution in [0.3, 0.4) is 0 Å². The van der Waals surface area contributed by atoms with Crippen molar-refractivity contribution in [2.24, 2.45) is 0 Å². The Balaban J connectivity index is 1.61. The van der Waals surface area contributed by atoms with Crippen LogP contribution in [0.2, 0.25) is 0 Å². The van der Waals surface area contributed by atoms with Gasteiger partial charge in [0, 0.05) is 42.6 Å². The highest BCUT2D eigenvalue weighted by molar-refractivity contribution is 8.00. The minimum atomic E-state index is 0.0335. The maximum atomic E-state index is 12.6. The van der Waals surface area contributed by atoms with Gasteiger partial charge in [-0.3, -0.25) is 9.59 Å². The molecule has 1 aromatic rings. The van der Waals surface area contributed by atoms with Crippen LogP contribution in [0.25, 0.3) is 0 Å². The van der Waals surface area contributed by atoms with E-state index in [-0.39, 0.29) is 24.7 Å². The van der Waals surface area contributed by atoms with Crippen LogP contribution in [0.5, 0.6) is 0 Å². The fourth-order valence-corrected chi connectivity index (χ4v) is 4.06. The summed E-state index contributed by atoms with van der Waals surface area (Å²) < 4.78 is 5.25. The fraction of sp³-hybridized carbons (Fsp3) is 0.529. The fourth-order valence-electron chi connectivity index (χ4n) is 2.95. The lowest BCUT2D eigenvalue weighted by Crippen LogP contribution is -2.42. The normalized spacial score (nSPS) is 21.0. The first-order chi connectivity index (χ1) is 11.1. The van der Waals surface area contributed by atoms with Crippen LogP contribution in [-0.4, -0.2) is 54.8 Å². The highest BCUT2D eigenvalue weighted by Crippen LogP contribution is 2.38. The summed E-state index contributed by atoms with van der Waals surface area (Å²) in [6, 6.07) is 7.98. The van der Waals surface area contributed by atoms with Gasteiger partial charge in [-0.2, -0.15) is 0 Å². The van der Waals surface area contributed by atoms with Crippen molar-refractivity contribution in [1.82, 2.24) is 4.90 Å². The van der Waals surface area contributed by atoms with Gasteiger partial charge >= 0.3 is 0 Å². The van der Waals surface area contributed by atoms with Crippen molar-refractivity contribution in [3.8, 4) is 0 Å². The van der Waals surface area contributed by atoms with E-state index in [9.17, 15) is 9.59 Å². The Labute approximate surface area is 141 Å². The minimum Gasteiger partial charge on any atom is -0.378 e. The van der Waals surface area contributed by atoms with E-state index in [0.717, 1.165) is 10.6 Å². The van der Waals surface area contributed by atoms with Gasteiger partial charge in [-0.25, -0.2) is 0 Å². The first kappa shape index (κ1) is 16.3. The third-order valence-corrected chi connectivity index (χ3v) is 5.29. The van der Waals surface area contributed by atoms with Crippen LogP contribution in [0.15, 0.2) is 29.2 Å². The van der Waals surface area contributed by atoms with E-state index in [4.69, 9.17) is 4.74 Å². The molecule has 1 fully saturated rings. The van der Waals surface area contributed by atoms with Crippen molar-refractivity contribution in [2.75, 3.05) is 37.7 Å². The summed E-state index contributed by atoms with van der Waals surface area (Å²) in [5, 5.41) is 0.365. The molecule has 0 aliphatic carbocycles. The SMILES string of the molecule is CC1CN(C(=O)CCC(=O)N2CCOCC2)c2ccccc2S1. The van der Waals surface area contributed by atoms with Crippen molar-refractivity contribution in [3.05, 3.63) is 24.3 Å². The molecule has 23 heavy (non-hydrogen) atoms. The van der Waals surface area contributed by atoms with Crippen molar-refractivity contribution >= 4 is 29.3 Å². The van der Waals surface area contributed by atoms with E-state index >= 15 is 0 Å². The Morgan fingerprint density at radius 3 is 2.65 bits per heavy atom. The maximum absolute atomic E-state index is 12.6. The summed E-state index contributed by atoms with van der Waals surface area (Å²) in [7, 11) is 0. The van der Waals surface area contributed by atoms with Crippen molar-refractivity contribution in [1.29, 1.82) is 0 Å². The molecule has 2 heterocycles. The number of amides is 2. The first-order valence-electron chi connectivity index (χ1n) is 8.06. The molecule has 2 aliphatic rings. The van der Waals surface area contributed by atoms with Gasteiger partial charge in [-0.15, -0.1) is 11.8 Å². The number of hydrogen-bond donors (Lipinski definition) is 0. The number of morpholine rings is 1. The summed E-state index contributed by atoms with van der Waals surface area (Å²) in [5.74, 6) is 0.0839. The monoisotopic (exact) mass is 334 g/mol. The minimum absolute atomic E-state index is 0.0335.